The number of likely N-dealkylation sites (N-methyl/N-ethyl adjacent to an activating group) is 1. The summed E-state index contributed by atoms with van der Waals surface area (Å²) < 4.78 is 5.57. The summed E-state index contributed by atoms with van der Waals surface area (Å²) in [5.74, 6) is 1.12. The first-order chi connectivity index (χ1) is 9.75. The number of rotatable bonds is 3. The molecule has 0 bridgehead atoms. The standard InChI is InChI=1S/C15H21N3O2/c1-17(15(19)13-6-3-5-9-20-13)12-10-18(11-12)14-7-2-4-8-16-14/h2,4,7-8,12-13H,3,5-6,9-11H2,1H3. The van der Waals surface area contributed by atoms with Crippen LogP contribution in [-0.2, 0) is 9.53 Å². The second kappa shape index (κ2) is 5.79. The van der Waals surface area contributed by atoms with Crippen molar-refractivity contribution in [2.24, 2.45) is 0 Å². The average molecular weight is 275 g/mol. The van der Waals surface area contributed by atoms with Gasteiger partial charge in [-0.25, -0.2) is 4.98 Å². The van der Waals surface area contributed by atoms with Crippen molar-refractivity contribution in [3.05, 3.63) is 24.4 Å². The Hall–Kier alpha value is -1.62. The van der Waals surface area contributed by atoms with Crippen LogP contribution in [0.1, 0.15) is 19.3 Å². The number of hydrogen-bond acceptors (Lipinski definition) is 4. The molecular weight excluding hydrogens is 254 g/mol. The quantitative estimate of drug-likeness (QED) is 0.834. The van der Waals surface area contributed by atoms with Crippen molar-refractivity contribution in [3.63, 3.8) is 0 Å². The molecule has 108 valence electrons. The van der Waals surface area contributed by atoms with E-state index < -0.39 is 0 Å². The molecule has 2 saturated heterocycles. The molecule has 1 amide bonds. The number of ether oxygens (including phenoxy) is 1. The van der Waals surface area contributed by atoms with Gasteiger partial charge in [-0.3, -0.25) is 4.79 Å². The van der Waals surface area contributed by atoms with Crippen LogP contribution < -0.4 is 4.90 Å². The Labute approximate surface area is 119 Å². The molecule has 2 aliphatic rings. The molecule has 2 aliphatic heterocycles. The average Bonchev–Trinajstić information content (AvgIpc) is 2.47. The maximum atomic E-state index is 12.3. The van der Waals surface area contributed by atoms with Crippen LogP contribution in [0.3, 0.4) is 0 Å². The summed E-state index contributed by atoms with van der Waals surface area (Å²) in [5.41, 5.74) is 0. The molecular formula is C15H21N3O2. The van der Waals surface area contributed by atoms with Crippen LogP contribution >= 0.6 is 0 Å². The van der Waals surface area contributed by atoms with Crippen molar-refractivity contribution in [1.29, 1.82) is 0 Å². The van der Waals surface area contributed by atoms with Crippen molar-refractivity contribution in [2.75, 3.05) is 31.6 Å². The number of carbonyl (C=O) groups is 1. The molecule has 1 aromatic rings. The van der Waals surface area contributed by atoms with E-state index in [0.29, 0.717) is 0 Å². The molecule has 0 N–H and O–H groups in total. The fourth-order valence-corrected chi connectivity index (χ4v) is 2.77. The van der Waals surface area contributed by atoms with E-state index in [2.05, 4.69) is 9.88 Å². The van der Waals surface area contributed by atoms with Gasteiger partial charge in [-0.05, 0) is 31.4 Å². The summed E-state index contributed by atoms with van der Waals surface area (Å²) in [6, 6.07) is 6.18. The third-order valence-corrected chi connectivity index (χ3v) is 4.19. The number of pyridine rings is 1. The molecule has 1 atom stereocenters. The van der Waals surface area contributed by atoms with Crippen molar-refractivity contribution >= 4 is 11.7 Å². The van der Waals surface area contributed by atoms with E-state index in [-0.39, 0.29) is 18.1 Å². The first-order valence-corrected chi connectivity index (χ1v) is 7.30. The monoisotopic (exact) mass is 275 g/mol. The summed E-state index contributed by atoms with van der Waals surface area (Å²) in [7, 11) is 1.89. The highest BCUT2D eigenvalue weighted by molar-refractivity contribution is 5.81. The van der Waals surface area contributed by atoms with Gasteiger partial charge in [0.25, 0.3) is 5.91 Å². The Kier molecular flexibility index (Phi) is 3.87. The van der Waals surface area contributed by atoms with E-state index in [4.69, 9.17) is 4.74 Å². The second-order valence-electron chi connectivity index (χ2n) is 5.55. The van der Waals surface area contributed by atoms with Gasteiger partial charge in [0.1, 0.15) is 11.9 Å². The summed E-state index contributed by atoms with van der Waals surface area (Å²) in [6.45, 7) is 2.42. The third kappa shape index (κ3) is 2.63. The largest absolute Gasteiger partial charge is 0.368 e. The molecule has 0 saturated carbocycles. The van der Waals surface area contributed by atoms with Gasteiger partial charge in [-0.15, -0.1) is 0 Å². The van der Waals surface area contributed by atoms with Crippen molar-refractivity contribution < 1.29 is 9.53 Å². The van der Waals surface area contributed by atoms with Gasteiger partial charge in [0, 0.05) is 32.9 Å². The first kappa shape index (κ1) is 13.4. The molecule has 2 fully saturated rings. The molecule has 5 nitrogen and oxygen atoms in total. The van der Waals surface area contributed by atoms with E-state index in [1.807, 2.05) is 30.1 Å². The fraction of sp³-hybridized carbons (Fsp3) is 0.600. The second-order valence-corrected chi connectivity index (χ2v) is 5.55. The van der Waals surface area contributed by atoms with Gasteiger partial charge in [0.15, 0.2) is 0 Å². The van der Waals surface area contributed by atoms with Gasteiger partial charge < -0.3 is 14.5 Å². The minimum Gasteiger partial charge on any atom is -0.368 e. The van der Waals surface area contributed by atoms with Crippen LogP contribution in [0.25, 0.3) is 0 Å². The van der Waals surface area contributed by atoms with E-state index in [1.54, 1.807) is 6.20 Å². The highest BCUT2D eigenvalue weighted by Crippen LogP contribution is 2.22. The molecule has 0 aromatic carbocycles. The Morgan fingerprint density at radius 3 is 2.90 bits per heavy atom. The Balaban J connectivity index is 1.52. The van der Waals surface area contributed by atoms with Crippen molar-refractivity contribution in [2.45, 2.75) is 31.4 Å². The number of carbonyl (C=O) groups excluding carboxylic acids is 1. The Bertz CT molecular complexity index is 453. The van der Waals surface area contributed by atoms with Gasteiger partial charge in [-0.2, -0.15) is 0 Å². The molecule has 1 unspecified atom stereocenters. The van der Waals surface area contributed by atoms with Gasteiger partial charge in [0.05, 0.1) is 6.04 Å². The van der Waals surface area contributed by atoms with Gasteiger partial charge in [0.2, 0.25) is 0 Å². The zero-order chi connectivity index (χ0) is 13.9. The normalized spacial score (nSPS) is 23.2. The maximum Gasteiger partial charge on any atom is 0.251 e. The summed E-state index contributed by atoms with van der Waals surface area (Å²) in [6.07, 6.45) is 4.60. The van der Waals surface area contributed by atoms with E-state index in [1.165, 1.54) is 0 Å². The molecule has 20 heavy (non-hydrogen) atoms. The van der Waals surface area contributed by atoms with E-state index >= 15 is 0 Å². The van der Waals surface area contributed by atoms with E-state index in [0.717, 1.165) is 44.8 Å². The minimum atomic E-state index is -0.224. The number of aromatic nitrogens is 1. The summed E-state index contributed by atoms with van der Waals surface area (Å²) >= 11 is 0. The number of amides is 1. The highest BCUT2D eigenvalue weighted by atomic mass is 16.5. The van der Waals surface area contributed by atoms with Crippen molar-refractivity contribution in [3.8, 4) is 0 Å². The highest BCUT2D eigenvalue weighted by Gasteiger charge is 2.36. The van der Waals surface area contributed by atoms with Crippen LogP contribution in [-0.4, -0.2) is 54.7 Å². The molecule has 3 heterocycles. The van der Waals surface area contributed by atoms with Crippen LogP contribution in [0.5, 0.6) is 0 Å². The Morgan fingerprint density at radius 2 is 2.25 bits per heavy atom. The molecule has 1 aromatic heterocycles. The topological polar surface area (TPSA) is 45.7 Å². The lowest BCUT2D eigenvalue weighted by Crippen LogP contribution is -2.61. The predicted octanol–water partition coefficient (Wildman–Crippen LogP) is 1.30. The number of nitrogens with zero attached hydrogens (tertiary/aromatic N) is 3. The number of hydrogen-bond donors (Lipinski definition) is 0. The Morgan fingerprint density at radius 1 is 1.40 bits per heavy atom. The van der Waals surface area contributed by atoms with Crippen LogP contribution in [0, 0.1) is 0 Å². The predicted molar refractivity (Wildman–Crippen MR) is 76.6 cm³/mol. The first-order valence-electron chi connectivity index (χ1n) is 7.30. The smallest absolute Gasteiger partial charge is 0.251 e. The number of anilines is 1. The van der Waals surface area contributed by atoms with Gasteiger partial charge in [-0.1, -0.05) is 6.07 Å². The fourth-order valence-electron chi connectivity index (χ4n) is 2.77. The molecule has 0 radical (unpaired) electrons. The maximum absolute atomic E-state index is 12.3. The molecule has 0 spiro atoms. The lowest BCUT2D eigenvalue weighted by Gasteiger charge is -2.45. The van der Waals surface area contributed by atoms with Crippen LogP contribution in [0.2, 0.25) is 0 Å². The van der Waals surface area contributed by atoms with E-state index in [9.17, 15) is 4.79 Å². The summed E-state index contributed by atoms with van der Waals surface area (Å²) in [4.78, 5) is 20.7. The van der Waals surface area contributed by atoms with Crippen LogP contribution in [0.15, 0.2) is 24.4 Å². The SMILES string of the molecule is CN(C(=O)C1CCCCO1)C1CN(c2ccccn2)C1. The van der Waals surface area contributed by atoms with Crippen LogP contribution in [0.4, 0.5) is 5.82 Å². The summed E-state index contributed by atoms with van der Waals surface area (Å²) in [5, 5.41) is 0. The molecule has 5 heteroatoms. The zero-order valence-corrected chi connectivity index (χ0v) is 11.9. The lowest BCUT2D eigenvalue weighted by molar-refractivity contribution is -0.147. The van der Waals surface area contributed by atoms with Crippen molar-refractivity contribution in [1.82, 2.24) is 9.88 Å². The molecule has 0 aliphatic carbocycles. The molecule has 3 rings (SSSR count). The third-order valence-electron chi connectivity index (χ3n) is 4.19. The zero-order valence-electron chi connectivity index (χ0n) is 11.9. The minimum absolute atomic E-state index is 0.135. The van der Waals surface area contributed by atoms with Gasteiger partial charge >= 0.3 is 0 Å². The lowest BCUT2D eigenvalue weighted by atomic mass is 10.0.